The smallest absolute Gasteiger partial charge is 0.306 e. The Morgan fingerprint density at radius 3 is 0.891 bits per heavy atom. The third-order valence-corrected chi connectivity index (χ3v) is 12.7. The first-order chi connectivity index (χ1) is 31.5. The molecule has 0 N–H and O–H groups in total. The summed E-state index contributed by atoms with van der Waals surface area (Å²) in [6.45, 7) is 6.64. The van der Waals surface area contributed by atoms with Gasteiger partial charge in [-0.25, -0.2) is 0 Å². The van der Waals surface area contributed by atoms with E-state index in [-0.39, 0.29) is 31.1 Å². The van der Waals surface area contributed by atoms with Gasteiger partial charge in [-0.3, -0.25) is 14.4 Å². The molecular formula is C58H108O6. The van der Waals surface area contributed by atoms with E-state index >= 15 is 0 Å². The molecule has 6 nitrogen and oxygen atoms in total. The Morgan fingerprint density at radius 1 is 0.312 bits per heavy atom. The molecule has 64 heavy (non-hydrogen) atoms. The van der Waals surface area contributed by atoms with Crippen LogP contribution in [0.15, 0.2) is 24.3 Å². The van der Waals surface area contributed by atoms with Crippen LogP contribution in [0.3, 0.4) is 0 Å². The summed E-state index contributed by atoms with van der Waals surface area (Å²) in [4.78, 5) is 38.0. The van der Waals surface area contributed by atoms with E-state index < -0.39 is 6.10 Å². The van der Waals surface area contributed by atoms with Gasteiger partial charge in [0.2, 0.25) is 0 Å². The lowest BCUT2D eigenvalue weighted by Crippen LogP contribution is -2.30. The lowest BCUT2D eigenvalue weighted by molar-refractivity contribution is -0.167. The van der Waals surface area contributed by atoms with Crippen molar-refractivity contribution >= 4 is 17.9 Å². The summed E-state index contributed by atoms with van der Waals surface area (Å²) in [5, 5.41) is 0. The van der Waals surface area contributed by atoms with Gasteiger partial charge in [-0.2, -0.15) is 0 Å². The number of ether oxygens (including phenoxy) is 3. The van der Waals surface area contributed by atoms with Gasteiger partial charge in [-0.1, -0.05) is 263 Å². The third kappa shape index (κ3) is 50.9. The first-order valence-corrected chi connectivity index (χ1v) is 28.3. The van der Waals surface area contributed by atoms with Crippen LogP contribution in [0.25, 0.3) is 0 Å². The highest BCUT2D eigenvalue weighted by molar-refractivity contribution is 5.71. The summed E-state index contributed by atoms with van der Waals surface area (Å²) in [6.07, 6.45) is 61.7. The number of carbonyl (C=O) groups excluding carboxylic acids is 3. The van der Waals surface area contributed by atoms with E-state index in [9.17, 15) is 14.4 Å². The molecule has 0 aromatic carbocycles. The standard InChI is InChI=1S/C58H108O6/c1-4-7-10-13-16-19-21-23-25-27-29-31-32-34-36-39-42-45-48-51-57(60)63-54-55(53-62-56(59)50-47-44-41-38-18-15-12-9-6-3)64-58(61)52-49-46-43-40-37-35-33-30-28-26-24-22-20-17-14-11-8-5-2/h16,19,23,25,55H,4-15,17-18,20-22,24,26-54H2,1-3H3/b19-16-,25-23-. The van der Waals surface area contributed by atoms with Gasteiger partial charge in [-0.05, 0) is 51.4 Å². The lowest BCUT2D eigenvalue weighted by atomic mass is 10.0. The first kappa shape index (κ1) is 61.9. The number of rotatable bonds is 52. The van der Waals surface area contributed by atoms with Crippen molar-refractivity contribution in [3.05, 3.63) is 24.3 Å². The van der Waals surface area contributed by atoms with Crippen molar-refractivity contribution in [3.8, 4) is 0 Å². The van der Waals surface area contributed by atoms with Crippen LogP contribution in [0.5, 0.6) is 0 Å². The Morgan fingerprint density at radius 2 is 0.562 bits per heavy atom. The highest BCUT2D eigenvalue weighted by Gasteiger charge is 2.19. The highest BCUT2D eigenvalue weighted by Crippen LogP contribution is 2.17. The topological polar surface area (TPSA) is 78.9 Å². The molecule has 0 rings (SSSR count). The van der Waals surface area contributed by atoms with Crippen LogP contribution in [-0.2, 0) is 28.6 Å². The van der Waals surface area contributed by atoms with E-state index in [0.29, 0.717) is 19.3 Å². The SMILES string of the molecule is CCCCC/C=C\C/C=C\CCCCCCCCCCCC(=O)OCC(COC(=O)CCCCCCCCCCC)OC(=O)CCCCCCCCCCCCCCCCCCCC. The zero-order chi connectivity index (χ0) is 46.5. The molecule has 0 saturated heterocycles. The number of unbranched alkanes of at least 4 members (excludes halogenated alkanes) is 37. The van der Waals surface area contributed by atoms with Crippen LogP contribution in [0.1, 0.15) is 310 Å². The largest absolute Gasteiger partial charge is 0.462 e. The molecule has 0 saturated carbocycles. The predicted molar refractivity (Wildman–Crippen MR) is 275 cm³/mol. The van der Waals surface area contributed by atoms with Crippen molar-refractivity contribution in [1.82, 2.24) is 0 Å². The van der Waals surface area contributed by atoms with E-state index in [1.807, 2.05) is 0 Å². The first-order valence-electron chi connectivity index (χ1n) is 28.3. The third-order valence-electron chi connectivity index (χ3n) is 12.7. The normalized spacial score (nSPS) is 12.1. The minimum atomic E-state index is -0.766. The highest BCUT2D eigenvalue weighted by atomic mass is 16.6. The predicted octanol–water partition coefficient (Wildman–Crippen LogP) is 18.7. The molecule has 0 heterocycles. The number of hydrogen-bond acceptors (Lipinski definition) is 6. The van der Waals surface area contributed by atoms with Crippen LogP contribution in [0.2, 0.25) is 0 Å². The molecule has 6 heteroatoms. The molecule has 376 valence electrons. The van der Waals surface area contributed by atoms with Crippen LogP contribution in [-0.4, -0.2) is 37.2 Å². The summed E-state index contributed by atoms with van der Waals surface area (Å²) < 4.78 is 16.8. The molecule has 0 bridgehead atoms. The van der Waals surface area contributed by atoms with Gasteiger partial charge in [0.1, 0.15) is 13.2 Å². The number of esters is 3. The maximum Gasteiger partial charge on any atom is 0.306 e. The van der Waals surface area contributed by atoms with E-state index in [1.54, 1.807) is 0 Å². The van der Waals surface area contributed by atoms with Crippen molar-refractivity contribution in [2.24, 2.45) is 0 Å². The van der Waals surface area contributed by atoms with Gasteiger partial charge in [-0.15, -0.1) is 0 Å². The molecule has 0 aliphatic heterocycles. The number of hydrogen-bond donors (Lipinski definition) is 0. The summed E-state index contributed by atoms with van der Waals surface area (Å²) in [5.41, 5.74) is 0. The molecule has 0 aliphatic rings. The van der Waals surface area contributed by atoms with E-state index in [0.717, 1.165) is 64.2 Å². The molecule has 0 radical (unpaired) electrons. The summed E-state index contributed by atoms with van der Waals surface area (Å²) in [5.74, 6) is -0.855. The Labute approximate surface area is 398 Å². The molecule has 1 unspecified atom stereocenters. The second-order valence-corrected chi connectivity index (χ2v) is 19.2. The Kier molecular flexibility index (Phi) is 51.7. The molecule has 0 aliphatic carbocycles. The lowest BCUT2D eigenvalue weighted by Gasteiger charge is -2.18. The average molecular weight is 901 g/mol. The summed E-state index contributed by atoms with van der Waals surface area (Å²) in [6, 6.07) is 0. The van der Waals surface area contributed by atoms with Crippen molar-refractivity contribution in [3.63, 3.8) is 0 Å². The molecule has 0 amide bonds. The Bertz CT molecular complexity index is 1040. The summed E-state index contributed by atoms with van der Waals surface area (Å²) >= 11 is 0. The van der Waals surface area contributed by atoms with Crippen molar-refractivity contribution in [2.45, 2.75) is 316 Å². The second-order valence-electron chi connectivity index (χ2n) is 19.2. The van der Waals surface area contributed by atoms with Gasteiger partial charge in [0.05, 0.1) is 0 Å². The van der Waals surface area contributed by atoms with Gasteiger partial charge in [0, 0.05) is 19.3 Å². The molecule has 0 fully saturated rings. The number of carbonyl (C=O) groups is 3. The van der Waals surface area contributed by atoms with E-state index in [1.165, 1.54) is 205 Å². The fourth-order valence-corrected chi connectivity index (χ4v) is 8.42. The van der Waals surface area contributed by atoms with Crippen molar-refractivity contribution in [2.75, 3.05) is 13.2 Å². The fraction of sp³-hybridized carbons (Fsp3) is 0.879. The van der Waals surface area contributed by atoms with Crippen LogP contribution in [0, 0.1) is 0 Å². The molecular weight excluding hydrogens is 793 g/mol. The number of allylic oxidation sites excluding steroid dienone is 4. The minimum Gasteiger partial charge on any atom is -0.462 e. The minimum absolute atomic E-state index is 0.0675. The van der Waals surface area contributed by atoms with Crippen molar-refractivity contribution in [1.29, 1.82) is 0 Å². The zero-order valence-corrected chi connectivity index (χ0v) is 43.1. The van der Waals surface area contributed by atoms with E-state index in [2.05, 4.69) is 45.1 Å². The molecule has 0 spiro atoms. The van der Waals surface area contributed by atoms with Gasteiger partial charge < -0.3 is 14.2 Å². The summed E-state index contributed by atoms with van der Waals surface area (Å²) in [7, 11) is 0. The molecule has 0 aromatic rings. The van der Waals surface area contributed by atoms with E-state index in [4.69, 9.17) is 14.2 Å². The van der Waals surface area contributed by atoms with Gasteiger partial charge >= 0.3 is 17.9 Å². The van der Waals surface area contributed by atoms with Crippen LogP contribution >= 0.6 is 0 Å². The maximum atomic E-state index is 12.8. The second kappa shape index (κ2) is 53.5. The molecule has 1 atom stereocenters. The Hall–Kier alpha value is -2.11. The monoisotopic (exact) mass is 901 g/mol. The zero-order valence-electron chi connectivity index (χ0n) is 43.1. The van der Waals surface area contributed by atoms with Crippen molar-refractivity contribution < 1.29 is 28.6 Å². The van der Waals surface area contributed by atoms with Gasteiger partial charge in [0.25, 0.3) is 0 Å². The van der Waals surface area contributed by atoms with Crippen LogP contribution < -0.4 is 0 Å². The average Bonchev–Trinajstić information content (AvgIpc) is 3.29. The molecule has 0 aromatic heterocycles. The fourth-order valence-electron chi connectivity index (χ4n) is 8.42. The van der Waals surface area contributed by atoms with Gasteiger partial charge in [0.15, 0.2) is 6.10 Å². The van der Waals surface area contributed by atoms with Crippen LogP contribution in [0.4, 0.5) is 0 Å². The Balaban J connectivity index is 4.24. The quantitative estimate of drug-likeness (QED) is 0.0262. The maximum absolute atomic E-state index is 12.8.